The molecule has 0 aliphatic carbocycles. The Morgan fingerprint density at radius 1 is 0.600 bits per heavy atom. The average molecular weight is 1110 g/mol. The van der Waals surface area contributed by atoms with Gasteiger partial charge in [-0.15, -0.1) is 0 Å². The maximum absolute atomic E-state index is 12.9. The molecule has 1 aromatic heterocycles. The minimum atomic E-state index is -5.42. The highest BCUT2D eigenvalue weighted by molar-refractivity contribution is 7.61. The molecule has 18 nitrogen and oxygen atoms in total. The Bertz CT molecular complexity index is 1790. The molecule has 438 valence electrons. The highest BCUT2D eigenvalue weighted by Gasteiger charge is 2.46. The van der Waals surface area contributed by atoms with E-state index in [9.17, 15) is 43.5 Å². The number of anilines is 1. The van der Waals surface area contributed by atoms with Crippen LogP contribution in [0.4, 0.5) is 5.82 Å². The highest BCUT2D eigenvalue weighted by atomic mass is 31.3. The molecule has 0 saturated carbocycles. The van der Waals surface area contributed by atoms with Gasteiger partial charge in [0.2, 0.25) is 0 Å². The van der Waals surface area contributed by atoms with Crippen molar-refractivity contribution < 1.29 is 66.3 Å². The number of phosphoric acid groups is 2. The third-order valence-corrected chi connectivity index (χ3v) is 16.4. The van der Waals surface area contributed by atoms with Crippen LogP contribution >= 0.6 is 15.6 Å². The summed E-state index contributed by atoms with van der Waals surface area (Å²) in [5.41, 5.74) is 4.61. The molecule has 0 spiro atoms. The fourth-order valence-corrected chi connectivity index (χ4v) is 11.4. The standard InChI is InChI=1S/C55H103N3O15P2/c1-45(2)36-32-28-24-20-16-12-8-5-6-10-15-19-23-27-31-35-39-51(60)71-47(42-68-50(59)38-34-30-26-22-18-14-11-7-9-13-17-21-25-29-33-37-46(3)4)43-69-74(64,65)73-75(66,67)70-44-48-52(61)53(62)54(72-48)58-41-40-49(56)57-55(58)63/h40-41,45-48,52-54,61-62H,5-39,42-44H2,1-4H3,(H,64,65)(H,66,67)(H2,56,57,63)/t47-,48-,52+,53?,54-/m1/s1. The molecule has 20 heteroatoms. The summed E-state index contributed by atoms with van der Waals surface area (Å²) >= 11 is 0. The summed E-state index contributed by atoms with van der Waals surface area (Å²) in [6, 6.07) is 1.25. The van der Waals surface area contributed by atoms with Crippen LogP contribution in [0.3, 0.4) is 0 Å². The van der Waals surface area contributed by atoms with Gasteiger partial charge in [0.15, 0.2) is 12.3 Å². The van der Waals surface area contributed by atoms with Gasteiger partial charge in [-0.3, -0.25) is 23.2 Å². The van der Waals surface area contributed by atoms with E-state index < -0.39 is 83.7 Å². The van der Waals surface area contributed by atoms with Crippen LogP contribution < -0.4 is 11.4 Å². The van der Waals surface area contributed by atoms with E-state index in [1.165, 1.54) is 160 Å². The summed E-state index contributed by atoms with van der Waals surface area (Å²) in [6.07, 6.45) is 33.2. The van der Waals surface area contributed by atoms with Crippen LogP contribution in [0.25, 0.3) is 0 Å². The number of esters is 2. The average Bonchev–Trinajstić information content (AvgIpc) is 3.62. The third-order valence-electron chi connectivity index (χ3n) is 13.8. The van der Waals surface area contributed by atoms with Crippen LogP contribution in [0.1, 0.15) is 259 Å². The number of ether oxygens (including phenoxy) is 3. The number of aromatic nitrogens is 2. The SMILES string of the molecule is CC(C)CCCCCCCCCCCCCCCCCCC(=O)O[C@H](COC(=O)CCCCCCCCCCCCCCCCCC(C)C)COP(=O)(O)OP(=O)(O)OC[C@H]1O[C@@H](n2ccc(N)nc2=O)C(O)[C@H]1O. The van der Waals surface area contributed by atoms with Crippen molar-refractivity contribution in [2.75, 3.05) is 25.6 Å². The first-order valence-corrected chi connectivity index (χ1v) is 32.3. The maximum Gasteiger partial charge on any atom is 0.481 e. The number of nitrogen functional groups attached to an aromatic ring is 1. The number of phosphoric ester groups is 2. The molecule has 7 atom stereocenters. The first-order valence-electron chi connectivity index (χ1n) is 29.3. The molecule has 1 aromatic rings. The maximum atomic E-state index is 12.9. The van der Waals surface area contributed by atoms with E-state index in [-0.39, 0.29) is 18.7 Å². The van der Waals surface area contributed by atoms with Crippen molar-refractivity contribution >= 4 is 33.4 Å². The van der Waals surface area contributed by atoms with E-state index in [0.29, 0.717) is 12.8 Å². The summed E-state index contributed by atoms with van der Waals surface area (Å²) in [4.78, 5) is 62.2. The Hall–Kier alpha value is -2.24. The molecule has 0 amide bonds. The van der Waals surface area contributed by atoms with Crippen molar-refractivity contribution in [2.45, 2.75) is 283 Å². The highest BCUT2D eigenvalue weighted by Crippen LogP contribution is 2.60. The van der Waals surface area contributed by atoms with Gasteiger partial charge >= 0.3 is 33.3 Å². The molecule has 0 radical (unpaired) electrons. The van der Waals surface area contributed by atoms with E-state index in [2.05, 4.69) is 37.0 Å². The zero-order valence-electron chi connectivity index (χ0n) is 46.7. The van der Waals surface area contributed by atoms with Gasteiger partial charge in [0.25, 0.3) is 0 Å². The van der Waals surface area contributed by atoms with E-state index in [1.54, 1.807) is 0 Å². The van der Waals surface area contributed by atoms with Crippen LogP contribution in [-0.2, 0) is 46.3 Å². The second kappa shape index (κ2) is 41.8. The summed E-state index contributed by atoms with van der Waals surface area (Å²) < 4.78 is 57.1. The van der Waals surface area contributed by atoms with Gasteiger partial charge < -0.3 is 39.9 Å². The smallest absolute Gasteiger partial charge is 0.462 e. The lowest BCUT2D eigenvalue weighted by molar-refractivity contribution is -0.161. The molecule has 75 heavy (non-hydrogen) atoms. The number of hydrogen-bond acceptors (Lipinski definition) is 15. The van der Waals surface area contributed by atoms with Gasteiger partial charge in [0.05, 0.1) is 13.2 Å². The summed E-state index contributed by atoms with van der Waals surface area (Å²) in [5.74, 6) is 0.343. The van der Waals surface area contributed by atoms with Gasteiger partial charge in [0.1, 0.15) is 30.7 Å². The van der Waals surface area contributed by atoms with Crippen LogP contribution in [0, 0.1) is 11.8 Å². The summed E-state index contributed by atoms with van der Waals surface area (Å²) in [6.45, 7) is 6.89. The largest absolute Gasteiger partial charge is 0.481 e. The van der Waals surface area contributed by atoms with Crippen molar-refractivity contribution in [3.63, 3.8) is 0 Å². The summed E-state index contributed by atoms with van der Waals surface area (Å²) in [5, 5.41) is 21.0. The summed E-state index contributed by atoms with van der Waals surface area (Å²) in [7, 11) is -10.8. The lowest BCUT2D eigenvalue weighted by Crippen LogP contribution is -2.36. The fraction of sp³-hybridized carbons (Fsp3) is 0.891. The monoisotopic (exact) mass is 1110 g/mol. The first-order chi connectivity index (χ1) is 35.9. The second-order valence-electron chi connectivity index (χ2n) is 21.8. The Labute approximate surface area is 450 Å². The minimum absolute atomic E-state index is 0.0578. The van der Waals surface area contributed by atoms with Crippen molar-refractivity contribution in [3.05, 3.63) is 22.7 Å². The lowest BCUT2D eigenvalue weighted by Gasteiger charge is -2.21. The molecule has 1 aliphatic heterocycles. The van der Waals surface area contributed by atoms with Gasteiger partial charge in [-0.25, -0.2) is 13.9 Å². The van der Waals surface area contributed by atoms with E-state index in [0.717, 1.165) is 67.8 Å². The van der Waals surface area contributed by atoms with Crippen molar-refractivity contribution in [1.29, 1.82) is 0 Å². The number of nitrogens with two attached hydrogens (primary N) is 1. The zero-order valence-corrected chi connectivity index (χ0v) is 48.5. The van der Waals surface area contributed by atoms with E-state index in [1.807, 2.05) is 0 Å². The first kappa shape index (κ1) is 68.9. The molecule has 6 N–H and O–H groups in total. The molecule has 3 unspecified atom stereocenters. The van der Waals surface area contributed by atoms with E-state index in [4.69, 9.17) is 29.0 Å². The van der Waals surface area contributed by atoms with Crippen molar-refractivity contribution in [2.24, 2.45) is 11.8 Å². The predicted octanol–water partition coefficient (Wildman–Crippen LogP) is 13.1. The topological polar surface area (TPSA) is 265 Å². The molecular formula is C55H103N3O15P2. The quantitative estimate of drug-likeness (QED) is 0.0231. The van der Waals surface area contributed by atoms with Gasteiger partial charge in [-0.1, -0.05) is 227 Å². The van der Waals surface area contributed by atoms with Gasteiger partial charge in [0, 0.05) is 19.0 Å². The molecular weight excluding hydrogens is 1000 g/mol. The Morgan fingerprint density at radius 2 is 0.987 bits per heavy atom. The molecule has 1 aliphatic rings. The van der Waals surface area contributed by atoms with Crippen LogP contribution in [-0.4, -0.2) is 85.7 Å². The number of carbonyl (C=O) groups is 2. The Balaban J connectivity index is 1.74. The number of unbranched alkanes of at least 4 members (excludes halogenated alkanes) is 29. The van der Waals surface area contributed by atoms with E-state index >= 15 is 0 Å². The molecule has 0 bridgehead atoms. The molecule has 1 fully saturated rings. The van der Waals surface area contributed by atoms with Gasteiger partial charge in [-0.2, -0.15) is 9.29 Å². The molecule has 1 saturated heterocycles. The molecule has 2 heterocycles. The van der Waals surface area contributed by atoms with Crippen LogP contribution in [0.5, 0.6) is 0 Å². The van der Waals surface area contributed by atoms with Crippen LogP contribution in [0.15, 0.2) is 17.1 Å². The zero-order chi connectivity index (χ0) is 55.2. The lowest BCUT2D eigenvalue weighted by atomic mass is 10.0. The number of carbonyl (C=O) groups excluding carboxylic acids is 2. The molecule has 2 rings (SSSR count). The van der Waals surface area contributed by atoms with Crippen molar-refractivity contribution in [3.8, 4) is 0 Å². The number of aliphatic hydroxyl groups is 2. The predicted molar refractivity (Wildman–Crippen MR) is 294 cm³/mol. The fourth-order valence-electron chi connectivity index (χ4n) is 9.27. The number of aliphatic hydroxyl groups excluding tert-OH is 2. The second-order valence-corrected chi connectivity index (χ2v) is 24.9. The number of nitrogens with zero attached hydrogens (tertiary/aromatic N) is 2. The van der Waals surface area contributed by atoms with Gasteiger partial charge in [-0.05, 0) is 30.7 Å². The molecule has 0 aromatic carbocycles. The number of rotatable bonds is 49. The normalized spacial score (nSPS) is 18.9. The van der Waals surface area contributed by atoms with Crippen LogP contribution in [0.2, 0.25) is 0 Å². The Kier molecular flexibility index (Phi) is 38.3. The third kappa shape index (κ3) is 35.8. The number of hydrogen-bond donors (Lipinski definition) is 5. The minimum Gasteiger partial charge on any atom is -0.462 e. The van der Waals surface area contributed by atoms with Crippen molar-refractivity contribution in [1.82, 2.24) is 9.55 Å². The Morgan fingerprint density at radius 3 is 1.40 bits per heavy atom.